The normalized spacial score (nSPS) is 20.7. The van der Waals surface area contributed by atoms with Crippen LogP contribution in [0.3, 0.4) is 0 Å². The van der Waals surface area contributed by atoms with Crippen LogP contribution in [0.5, 0.6) is 0 Å². The first-order chi connectivity index (χ1) is 12.2. The van der Waals surface area contributed by atoms with Gasteiger partial charge in [0.05, 0.1) is 11.9 Å². The van der Waals surface area contributed by atoms with E-state index in [0.717, 1.165) is 30.5 Å². The molecule has 1 aromatic carbocycles. The maximum absolute atomic E-state index is 12.4. The van der Waals surface area contributed by atoms with E-state index in [9.17, 15) is 10.1 Å². The van der Waals surface area contributed by atoms with Gasteiger partial charge in [-0.05, 0) is 37.0 Å². The minimum absolute atomic E-state index is 0.116. The average molecular weight is 334 g/mol. The van der Waals surface area contributed by atoms with E-state index < -0.39 is 0 Å². The summed E-state index contributed by atoms with van der Waals surface area (Å²) in [5.74, 6) is 0.159. The number of nitriles is 1. The molecule has 3 rings (SSSR count). The van der Waals surface area contributed by atoms with Crippen LogP contribution in [-0.4, -0.2) is 21.7 Å². The zero-order chi connectivity index (χ0) is 17.6. The van der Waals surface area contributed by atoms with Gasteiger partial charge in [-0.15, -0.1) is 0 Å². The lowest BCUT2D eigenvalue weighted by Crippen LogP contribution is -2.41. The van der Waals surface area contributed by atoms with E-state index in [-0.39, 0.29) is 17.5 Å². The SMILES string of the molecule is C[C@H]1CCCC[C@@H]1NC(=O)/C(C#N)=C/c1cnn(-c2ccccc2)c1. The quantitative estimate of drug-likeness (QED) is 0.687. The van der Waals surface area contributed by atoms with Crippen molar-refractivity contribution in [3.63, 3.8) is 0 Å². The number of benzene rings is 1. The Labute approximate surface area is 148 Å². The molecule has 5 heteroatoms. The maximum atomic E-state index is 12.4. The van der Waals surface area contributed by atoms with Crippen molar-refractivity contribution in [3.05, 3.63) is 53.9 Å². The minimum atomic E-state index is -0.297. The highest BCUT2D eigenvalue weighted by molar-refractivity contribution is 6.01. The maximum Gasteiger partial charge on any atom is 0.262 e. The van der Waals surface area contributed by atoms with Crippen LogP contribution in [0.15, 0.2) is 48.3 Å². The lowest BCUT2D eigenvalue weighted by atomic mass is 9.86. The van der Waals surface area contributed by atoms with Crippen molar-refractivity contribution in [1.82, 2.24) is 15.1 Å². The van der Waals surface area contributed by atoms with Gasteiger partial charge in [-0.2, -0.15) is 10.4 Å². The Morgan fingerprint density at radius 3 is 2.80 bits per heavy atom. The van der Waals surface area contributed by atoms with Crippen LogP contribution in [0, 0.1) is 17.2 Å². The largest absolute Gasteiger partial charge is 0.348 e. The number of rotatable bonds is 4. The molecule has 2 aromatic rings. The third-order valence-electron chi connectivity index (χ3n) is 4.73. The topological polar surface area (TPSA) is 70.7 Å². The minimum Gasteiger partial charge on any atom is -0.348 e. The first-order valence-electron chi connectivity index (χ1n) is 8.70. The van der Waals surface area contributed by atoms with Crippen molar-refractivity contribution in [1.29, 1.82) is 5.26 Å². The fourth-order valence-electron chi connectivity index (χ4n) is 3.23. The first-order valence-corrected chi connectivity index (χ1v) is 8.70. The van der Waals surface area contributed by atoms with E-state index in [1.807, 2.05) is 42.6 Å². The Morgan fingerprint density at radius 2 is 2.08 bits per heavy atom. The van der Waals surface area contributed by atoms with Gasteiger partial charge in [-0.3, -0.25) is 4.79 Å². The molecule has 0 aliphatic heterocycles. The summed E-state index contributed by atoms with van der Waals surface area (Å²) in [5.41, 5.74) is 1.78. The van der Waals surface area contributed by atoms with Crippen molar-refractivity contribution in [3.8, 4) is 11.8 Å². The molecule has 1 aliphatic rings. The molecular formula is C20H22N4O. The summed E-state index contributed by atoms with van der Waals surface area (Å²) in [6.07, 6.45) is 9.51. The van der Waals surface area contributed by atoms with Crippen LogP contribution in [0.25, 0.3) is 11.8 Å². The number of nitrogens with one attached hydrogen (secondary N) is 1. The molecule has 0 bridgehead atoms. The van der Waals surface area contributed by atoms with E-state index in [0.29, 0.717) is 5.92 Å². The summed E-state index contributed by atoms with van der Waals surface area (Å²) in [6, 6.07) is 11.9. The molecule has 0 unspecified atom stereocenters. The summed E-state index contributed by atoms with van der Waals surface area (Å²) >= 11 is 0. The van der Waals surface area contributed by atoms with Gasteiger partial charge < -0.3 is 5.32 Å². The van der Waals surface area contributed by atoms with Gasteiger partial charge in [0.25, 0.3) is 5.91 Å². The fourth-order valence-corrected chi connectivity index (χ4v) is 3.23. The molecule has 1 heterocycles. The number of hydrogen-bond acceptors (Lipinski definition) is 3. The van der Waals surface area contributed by atoms with Gasteiger partial charge >= 0.3 is 0 Å². The van der Waals surface area contributed by atoms with Gasteiger partial charge in [-0.25, -0.2) is 4.68 Å². The van der Waals surface area contributed by atoms with E-state index in [1.165, 1.54) is 6.42 Å². The Morgan fingerprint density at radius 1 is 1.32 bits per heavy atom. The molecule has 25 heavy (non-hydrogen) atoms. The number of amides is 1. The summed E-state index contributed by atoms with van der Waals surface area (Å²) < 4.78 is 1.72. The lowest BCUT2D eigenvalue weighted by Gasteiger charge is -2.29. The lowest BCUT2D eigenvalue weighted by molar-refractivity contribution is -0.118. The highest BCUT2D eigenvalue weighted by Crippen LogP contribution is 2.24. The number of carbonyl (C=O) groups is 1. The van der Waals surface area contributed by atoms with Crippen LogP contribution < -0.4 is 5.32 Å². The Kier molecular flexibility index (Phi) is 5.30. The molecule has 0 spiro atoms. The predicted molar refractivity (Wildman–Crippen MR) is 96.7 cm³/mol. The fraction of sp³-hybridized carbons (Fsp3) is 0.350. The molecule has 5 nitrogen and oxygen atoms in total. The van der Waals surface area contributed by atoms with E-state index in [2.05, 4.69) is 17.3 Å². The van der Waals surface area contributed by atoms with Gasteiger partial charge in [0.2, 0.25) is 0 Å². The molecule has 1 fully saturated rings. The van der Waals surface area contributed by atoms with E-state index in [4.69, 9.17) is 0 Å². The second-order valence-corrected chi connectivity index (χ2v) is 6.57. The monoisotopic (exact) mass is 334 g/mol. The molecule has 1 N–H and O–H groups in total. The van der Waals surface area contributed by atoms with Crippen molar-refractivity contribution in [2.75, 3.05) is 0 Å². The van der Waals surface area contributed by atoms with Crippen LogP contribution in [0.2, 0.25) is 0 Å². The molecule has 1 saturated carbocycles. The van der Waals surface area contributed by atoms with E-state index in [1.54, 1.807) is 17.0 Å². The molecular weight excluding hydrogens is 312 g/mol. The number of para-hydroxylation sites is 1. The highest BCUT2D eigenvalue weighted by Gasteiger charge is 2.24. The second kappa shape index (κ2) is 7.80. The number of hydrogen-bond donors (Lipinski definition) is 1. The summed E-state index contributed by atoms with van der Waals surface area (Å²) in [6.45, 7) is 2.16. The molecule has 1 aromatic heterocycles. The standard InChI is InChI=1S/C20H22N4O/c1-15-7-5-6-10-19(15)23-20(25)17(12-21)11-16-13-22-24(14-16)18-8-3-2-4-9-18/h2-4,8-9,11,13-15,19H,5-7,10H2,1H3,(H,23,25)/b17-11+/t15-,19-/m0/s1. The third kappa shape index (κ3) is 4.16. The highest BCUT2D eigenvalue weighted by atomic mass is 16.1. The number of aromatic nitrogens is 2. The molecule has 128 valence electrons. The Balaban J connectivity index is 1.73. The zero-order valence-corrected chi connectivity index (χ0v) is 14.4. The molecule has 1 aliphatic carbocycles. The van der Waals surface area contributed by atoms with E-state index >= 15 is 0 Å². The van der Waals surface area contributed by atoms with Crippen molar-refractivity contribution in [2.45, 2.75) is 38.6 Å². The Hall–Kier alpha value is -2.87. The smallest absolute Gasteiger partial charge is 0.262 e. The summed E-state index contributed by atoms with van der Waals surface area (Å²) in [4.78, 5) is 12.4. The van der Waals surface area contributed by atoms with Crippen LogP contribution in [0.1, 0.15) is 38.2 Å². The zero-order valence-electron chi connectivity index (χ0n) is 14.4. The molecule has 0 radical (unpaired) electrons. The Bertz CT molecular complexity index is 801. The summed E-state index contributed by atoms with van der Waals surface area (Å²) in [7, 11) is 0. The van der Waals surface area contributed by atoms with Gasteiger partial charge in [0.15, 0.2) is 0 Å². The average Bonchev–Trinajstić information content (AvgIpc) is 3.11. The van der Waals surface area contributed by atoms with Crippen LogP contribution in [-0.2, 0) is 4.79 Å². The van der Waals surface area contributed by atoms with Crippen LogP contribution in [0.4, 0.5) is 0 Å². The molecule has 1 amide bonds. The third-order valence-corrected chi connectivity index (χ3v) is 4.73. The first kappa shape index (κ1) is 17.0. The molecule has 2 atom stereocenters. The van der Waals surface area contributed by atoms with Crippen molar-refractivity contribution >= 4 is 12.0 Å². The van der Waals surface area contributed by atoms with Crippen LogP contribution >= 0.6 is 0 Å². The van der Waals surface area contributed by atoms with Gasteiger partial charge in [0.1, 0.15) is 11.6 Å². The number of carbonyl (C=O) groups excluding carboxylic acids is 1. The summed E-state index contributed by atoms with van der Waals surface area (Å²) in [5, 5.41) is 16.7. The second-order valence-electron chi connectivity index (χ2n) is 6.57. The van der Waals surface area contributed by atoms with Gasteiger partial charge in [0, 0.05) is 17.8 Å². The van der Waals surface area contributed by atoms with Crippen molar-refractivity contribution in [2.24, 2.45) is 5.92 Å². The number of nitrogens with zero attached hydrogens (tertiary/aromatic N) is 3. The predicted octanol–water partition coefficient (Wildman–Crippen LogP) is 3.47. The van der Waals surface area contributed by atoms with Crippen molar-refractivity contribution < 1.29 is 4.79 Å². The van der Waals surface area contributed by atoms with Gasteiger partial charge in [-0.1, -0.05) is 38.0 Å². The molecule has 0 saturated heterocycles.